The Morgan fingerprint density at radius 3 is 2.74 bits per heavy atom. The number of benzene rings is 2. The summed E-state index contributed by atoms with van der Waals surface area (Å²) >= 11 is 0. The van der Waals surface area contributed by atoms with Crippen LogP contribution in [-0.4, -0.2) is 25.3 Å². The Bertz CT molecular complexity index is 690. The number of likely N-dealkylation sites (N-methyl/N-ethyl adjacent to an activating group) is 1. The van der Waals surface area contributed by atoms with Crippen molar-refractivity contribution in [3.63, 3.8) is 0 Å². The van der Waals surface area contributed by atoms with E-state index in [1.54, 1.807) is 12.1 Å². The largest absolute Gasteiger partial charge is 0.454 e. The first-order valence-corrected chi connectivity index (χ1v) is 7.20. The van der Waals surface area contributed by atoms with E-state index in [9.17, 15) is 4.39 Å². The van der Waals surface area contributed by atoms with Crippen molar-refractivity contribution in [2.75, 3.05) is 20.4 Å². The highest BCUT2D eigenvalue weighted by atomic mass is 35.5. The summed E-state index contributed by atoms with van der Waals surface area (Å²) < 4.78 is 24.2. The highest BCUT2D eigenvalue weighted by Gasteiger charge is 2.13. The molecule has 0 unspecified atom stereocenters. The van der Waals surface area contributed by atoms with Crippen LogP contribution >= 0.6 is 12.4 Å². The molecule has 0 N–H and O–H groups in total. The lowest BCUT2D eigenvalue weighted by molar-refractivity contribution is 0.174. The average Bonchev–Trinajstić information content (AvgIpc) is 2.97. The van der Waals surface area contributed by atoms with Crippen molar-refractivity contribution in [3.05, 3.63) is 65.5 Å². The number of ether oxygens (including phenoxy) is 2. The van der Waals surface area contributed by atoms with E-state index in [2.05, 4.69) is 4.90 Å². The van der Waals surface area contributed by atoms with E-state index >= 15 is 0 Å². The second-order valence-electron chi connectivity index (χ2n) is 5.31. The molecule has 0 fully saturated rings. The molecular formula is C18H19ClFNO2. The minimum absolute atomic E-state index is 0. The molecule has 23 heavy (non-hydrogen) atoms. The zero-order chi connectivity index (χ0) is 15.4. The van der Waals surface area contributed by atoms with Gasteiger partial charge < -0.3 is 9.47 Å². The smallest absolute Gasteiger partial charge is 0.231 e. The monoisotopic (exact) mass is 335 g/mol. The summed E-state index contributed by atoms with van der Waals surface area (Å²) in [5, 5.41) is 0. The predicted molar refractivity (Wildman–Crippen MR) is 91.6 cm³/mol. The van der Waals surface area contributed by atoms with Gasteiger partial charge in [-0.15, -0.1) is 12.4 Å². The van der Waals surface area contributed by atoms with E-state index in [1.807, 2.05) is 43.5 Å². The van der Waals surface area contributed by atoms with Crippen LogP contribution in [0, 0.1) is 5.82 Å². The molecule has 1 aliphatic rings. The Labute approximate surface area is 141 Å². The zero-order valence-electron chi connectivity index (χ0n) is 12.9. The molecule has 0 saturated carbocycles. The van der Waals surface area contributed by atoms with Gasteiger partial charge in [-0.3, -0.25) is 4.90 Å². The molecule has 1 heterocycles. The number of fused-ring (bicyclic) bond motifs is 1. The topological polar surface area (TPSA) is 21.7 Å². The van der Waals surface area contributed by atoms with Crippen LogP contribution in [0.3, 0.4) is 0 Å². The fourth-order valence-corrected chi connectivity index (χ4v) is 2.39. The van der Waals surface area contributed by atoms with Crippen LogP contribution in [0.25, 0.3) is 6.08 Å². The fourth-order valence-electron chi connectivity index (χ4n) is 2.39. The average molecular weight is 336 g/mol. The summed E-state index contributed by atoms with van der Waals surface area (Å²) in [6.45, 7) is 1.82. The summed E-state index contributed by atoms with van der Waals surface area (Å²) in [4.78, 5) is 2.15. The van der Waals surface area contributed by atoms with Gasteiger partial charge in [0.05, 0.1) is 0 Å². The SMILES string of the molecule is CN(C/C=C/c1ccccc1F)Cc1ccc2c(c1)OCO2.Cl. The van der Waals surface area contributed by atoms with E-state index in [4.69, 9.17) is 9.47 Å². The number of hydrogen-bond donors (Lipinski definition) is 0. The van der Waals surface area contributed by atoms with Crippen molar-refractivity contribution in [1.29, 1.82) is 0 Å². The van der Waals surface area contributed by atoms with Crippen LogP contribution in [-0.2, 0) is 6.54 Å². The van der Waals surface area contributed by atoms with E-state index in [1.165, 1.54) is 6.07 Å². The molecule has 0 spiro atoms. The molecule has 3 nitrogen and oxygen atoms in total. The van der Waals surface area contributed by atoms with Gasteiger partial charge in [0, 0.05) is 18.7 Å². The van der Waals surface area contributed by atoms with Crippen LogP contribution in [0.4, 0.5) is 4.39 Å². The summed E-state index contributed by atoms with van der Waals surface area (Å²) in [6.07, 6.45) is 3.77. The molecule has 2 aromatic carbocycles. The lowest BCUT2D eigenvalue weighted by atomic mass is 10.2. The number of rotatable bonds is 5. The van der Waals surface area contributed by atoms with Gasteiger partial charge in [0.1, 0.15) is 5.82 Å². The van der Waals surface area contributed by atoms with Crippen molar-refractivity contribution in [2.45, 2.75) is 6.54 Å². The van der Waals surface area contributed by atoms with Crippen LogP contribution in [0.1, 0.15) is 11.1 Å². The van der Waals surface area contributed by atoms with E-state index in [0.29, 0.717) is 12.4 Å². The highest BCUT2D eigenvalue weighted by Crippen LogP contribution is 2.32. The first-order chi connectivity index (χ1) is 10.7. The third kappa shape index (κ3) is 4.47. The molecule has 0 atom stereocenters. The highest BCUT2D eigenvalue weighted by molar-refractivity contribution is 5.85. The van der Waals surface area contributed by atoms with E-state index < -0.39 is 0 Å². The molecule has 0 aromatic heterocycles. The molecule has 5 heteroatoms. The minimum Gasteiger partial charge on any atom is -0.454 e. The van der Waals surface area contributed by atoms with Gasteiger partial charge in [-0.2, -0.15) is 0 Å². The summed E-state index contributed by atoms with van der Waals surface area (Å²) in [7, 11) is 2.02. The fraction of sp³-hybridized carbons (Fsp3) is 0.222. The van der Waals surface area contributed by atoms with Crippen LogP contribution in [0.5, 0.6) is 11.5 Å². The third-order valence-corrected chi connectivity index (χ3v) is 3.51. The molecule has 122 valence electrons. The van der Waals surface area contributed by atoms with Gasteiger partial charge in [0.25, 0.3) is 0 Å². The van der Waals surface area contributed by atoms with Crippen molar-refractivity contribution < 1.29 is 13.9 Å². The first-order valence-electron chi connectivity index (χ1n) is 7.20. The summed E-state index contributed by atoms with van der Waals surface area (Å²) in [5.74, 6) is 1.40. The van der Waals surface area contributed by atoms with E-state index in [0.717, 1.165) is 30.2 Å². The second kappa shape index (κ2) is 7.99. The Morgan fingerprint density at radius 1 is 1.13 bits per heavy atom. The van der Waals surface area contributed by atoms with Gasteiger partial charge in [-0.25, -0.2) is 4.39 Å². The van der Waals surface area contributed by atoms with Crippen LogP contribution in [0.2, 0.25) is 0 Å². The lowest BCUT2D eigenvalue weighted by Crippen LogP contribution is -2.17. The van der Waals surface area contributed by atoms with Gasteiger partial charge in [-0.05, 0) is 30.8 Å². The number of nitrogens with zero attached hydrogens (tertiary/aromatic N) is 1. The van der Waals surface area contributed by atoms with Crippen molar-refractivity contribution in [3.8, 4) is 11.5 Å². The van der Waals surface area contributed by atoms with Gasteiger partial charge in [0.15, 0.2) is 11.5 Å². The molecule has 0 saturated heterocycles. The normalized spacial score (nSPS) is 12.7. The molecular weight excluding hydrogens is 317 g/mol. The summed E-state index contributed by atoms with van der Waals surface area (Å²) in [6, 6.07) is 12.7. The molecule has 0 aliphatic carbocycles. The third-order valence-electron chi connectivity index (χ3n) is 3.51. The van der Waals surface area contributed by atoms with Crippen molar-refractivity contribution in [2.24, 2.45) is 0 Å². The molecule has 1 aliphatic heterocycles. The van der Waals surface area contributed by atoms with E-state index in [-0.39, 0.29) is 18.2 Å². The number of halogens is 2. The molecule has 0 radical (unpaired) electrons. The zero-order valence-corrected chi connectivity index (χ0v) is 13.7. The molecule has 0 amide bonds. The Hall–Kier alpha value is -2.04. The standard InChI is InChI=1S/C18H18FNO2.ClH/c1-20(10-4-6-15-5-2-3-7-16(15)19)12-14-8-9-17-18(11-14)22-13-21-17;/h2-9,11H,10,12-13H2,1H3;1H/b6-4+;. The second-order valence-corrected chi connectivity index (χ2v) is 5.31. The van der Waals surface area contributed by atoms with Gasteiger partial charge in [-0.1, -0.05) is 36.4 Å². The lowest BCUT2D eigenvalue weighted by Gasteiger charge is -2.14. The Balaban J connectivity index is 0.00000192. The van der Waals surface area contributed by atoms with Crippen molar-refractivity contribution in [1.82, 2.24) is 4.90 Å². The summed E-state index contributed by atoms with van der Waals surface area (Å²) in [5.41, 5.74) is 1.77. The molecule has 0 bridgehead atoms. The minimum atomic E-state index is -0.197. The molecule has 2 aromatic rings. The first kappa shape index (κ1) is 17.3. The Morgan fingerprint density at radius 2 is 1.91 bits per heavy atom. The Kier molecular flexibility index (Phi) is 6.02. The maximum atomic E-state index is 13.5. The van der Waals surface area contributed by atoms with Crippen LogP contribution in [0.15, 0.2) is 48.5 Å². The maximum absolute atomic E-state index is 13.5. The number of hydrogen-bond acceptors (Lipinski definition) is 3. The quantitative estimate of drug-likeness (QED) is 0.820. The van der Waals surface area contributed by atoms with Gasteiger partial charge in [0.2, 0.25) is 6.79 Å². The van der Waals surface area contributed by atoms with Gasteiger partial charge >= 0.3 is 0 Å². The van der Waals surface area contributed by atoms with Crippen LogP contribution < -0.4 is 9.47 Å². The predicted octanol–water partition coefficient (Wildman–Crippen LogP) is 4.12. The molecule has 3 rings (SSSR count). The maximum Gasteiger partial charge on any atom is 0.231 e. The van der Waals surface area contributed by atoms with Crippen molar-refractivity contribution >= 4 is 18.5 Å².